The number of nitrogens with zero attached hydrogens (tertiary/aromatic N) is 2. The maximum absolute atomic E-state index is 8.79. The van der Waals surface area contributed by atoms with Gasteiger partial charge in [0, 0.05) is 18.3 Å². The minimum absolute atomic E-state index is 0.135. The van der Waals surface area contributed by atoms with Crippen LogP contribution < -0.4 is 5.32 Å². The van der Waals surface area contributed by atoms with E-state index < -0.39 is 0 Å². The Morgan fingerprint density at radius 2 is 2.18 bits per heavy atom. The largest absolute Gasteiger partial charge is 0.394 e. The molecule has 1 rings (SSSR count). The molecule has 0 aliphatic carbocycles. The zero-order valence-corrected chi connectivity index (χ0v) is 11.4. The van der Waals surface area contributed by atoms with Crippen molar-refractivity contribution in [2.45, 2.75) is 40.8 Å². The summed E-state index contributed by atoms with van der Waals surface area (Å²) in [7, 11) is 0. The highest BCUT2D eigenvalue weighted by Gasteiger charge is 2.19. The summed E-state index contributed by atoms with van der Waals surface area (Å²) in [4.78, 5) is 0. The first-order valence-corrected chi connectivity index (χ1v) is 6.26. The van der Waals surface area contributed by atoms with E-state index >= 15 is 0 Å². The highest BCUT2D eigenvalue weighted by atomic mass is 16.3. The molecule has 0 bridgehead atoms. The van der Waals surface area contributed by atoms with Crippen molar-refractivity contribution < 1.29 is 5.11 Å². The Morgan fingerprint density at radius 3 is 2.76 bits per heavy atom. The summed E-state index contributed by atoms with van der Waals surface area (Å²) in [6.07, 6.45) is 3.83. The van der Waals surface area contributed by atoms with E-state index in [1.54, 1.807) is 4.68 Å². The fourth-order valence-electron chi connectivity index (χ4n) is 1.46. The quantitative estimate of drug-likeness (QED) is 0.793. The molecule has 4 heteroatoms. The first kappa shape index (κ1) is 14.2. The van der Waals surface area contributed by atoms with Gasteiger partial charge in [0.2, 0.25) is 0 Å². The Labute approximate surface area is 104 Å². The smallest absolute Gasteiger partial charge is 0.0640 e. The van der Waals surface area contributed by atoms with Gasteiger partial charge in [-0.25, -0.2) is 0 Å². The van der Waals surface area contributed by atoms with E-state index in [4.69, 9.17) is 5.11 Å². The molecule has 1 aromatic heterocycles. The van der Waals surface area contributed by atoms with Crippen LogP contribution in [0.2, 0.25) is 0 Å². The molecule has 0 aliphatic rings. The van der Waals surface area contributed by atoms with Crippen LogP contribution in [0.15, 0.2) is 12.4 Å². The van der Waals surface area contributed by atoms with Crippen molar-refractivity contribution in [3.63, 3.8) is 0 Å². The summed E-state index contributed by atoms with van der Waals surface area (Å²) < 4.78 is 1.77. The standard InChI is InChI=1S/C13H25N3O/c1-11(13(2,3)4)7-14-8-12-9-15-16(10-12)5-6-17/h9-11,14,17H,5-8H2,1-4H3. The molecule has 98 valence electrons. The van der Waals surface area contributed by atoms with Crippen LogP contribution in [0.4, 0.5) is 0 Å². The minimum Gasteiger partial charge on any atom is -0.394 e. The molecule has 0 saturated carbocycles. The topological polar surface area (TPSA) is 50.1 Å². The lowest BCUT2D eigenvalue weighted by molar-refractivity contribution is 0.252. The van der Waals surface area contributed by atoms with E-state index in [1.165, 1.54) is 5.56 Å². The number of aliphatic hydroxyl groups is 1. The molecule has 1 aromatic rings. The molecular formula is C13H25N3O. The Morgan fingerprint density at radius 1 is 1.47 bits per heavy atom. The molecular weight excluding hydrogens is 214 g/mol. The van der Waals surface area contributed by atoms with Crippen LogP contribution in [-0.2, 0) is 13.1 Å². The number of aromatic nitrogens is 2. The SMILES string of the molecule is CC(CNCc1cnn(CCO)c1)C(C)(C)C. The Kier molecular flexibility index (Phi) is 5.15. The first-order valence-electron chi connectivity index (χ1n) is 6.26. The fourth-order valence-corrected chi connectivity index (χ4v) is 1.46. The number of hydrogen-bond donors (Lipinski definition) is 2. The van der Waals surface area contributed by atoms with Crippen molar-refractivity contribution in [2.24, 2.45) is 11.3 Å². The van der Waals surface area contributed by atoms with Gasteiger partial charge in [-0.1, -0.05) is 27.7 Å². The maximum atomic E-state index is 8.79. The van der Waals surface area contributed by atoms with E-state index in [1.807, 2.05) is 12.4 Å². The van der Waals surface area contributed by atoms with E-state index in [9.17, 15) is 0 Å². The van der Waals surface area contributed by atoms with E-state index in [0.29, 0.717) is 17.9 Å². The minimum atomic E-state index is 0.135. The summed E-state index contributed by atoms with van der Waals surface area (Å²) in [5.41, 5.74) is 1.51. The second-order valence-corrected chi connectivity index (χ2v) is 5.73. The second kappa shape index (κ2) is 6.17. The van der Waals surface area contributed by atoms with Gasteiger partial charge in [-0.2, -0.15) is 5.10 Å². The van der Waals surface area contributed by atoms with Gasteiger partial charge in [0.25, 0.3) is 0 Å². The Balaban J connectivity index is 2.30. The third-order valence-corrected chi connectivity index (χ3v) is 3.27. The lowest BCUT2D eigenvalue weighted by Gasteiger charge is -2.27. The van der Waals surface area contributed by atoms with Crippen molar-refractivity contribution >= 4 is 0 Å². The maximum Gasteiger partial charge on any atom is 0.0640 e. The predicted molar refractivity (Wildman–Crippen MR) is 69.6 cm³/mol. The molecule has 0 radical (unpaired) electrons. The number of nitrogens with one attached hydrogen (secondary N) is 1. The van der Waals surface area contributed by atoms with Gasteiger partial charge in [-0.15, -0.1) is 0 Å². The van der Waals surface area contributed by atoms with Gasteiger partial charge in [0.15, 0.2) is 0 Å². The molecule has 17 heavy (non-hydrogen) atoms. The van der Waals surface area contributed by atoms with Crippen LogP contribution in [0.1, 0.15) is 33.3 Å². The van der Waals surface area contributed by atoms with Crippen LogP contribution in [0.5, 0.6) is 0 Å². The molecule has 0 aromatic carbocycles. The molecule has 0 amide bonds. The number of rotatable bonds is 6. The molecule has 4 nitrogen and oxygen atoms in total. The monoisotopic (exact) mass is 239 g/mol. The lowest BCUT2D eigenvalue weighted by atomic mass is 9.82. The highest BCUT2D eigenvalue weighted by Crippen LogP contribution is 2.24. The van der Waals surface area contributed by atoms with Gasteiger partial charge < -0.3 is 10.4 Å². The average Bonchev–Trinajstić information content (AvgIpc) is 2.65. The molecule has 0 fully saturated rings. The zero-order valence-electron chi connectivity index (χ0n) is 11.4. The zero-order chi connectivity index (χ0) is 12.9. The fraction of sp³-hybridized carbons (Fsp3) is 0.769. The predicted octanol–water partition coefficient (Wildman–Crippen LogP) is 1.65. The molecule has 1 heterocycles. The third kappa shape index (κ3) is 4.88. The van der Waals surface area contributed by atoms with Crippen LogP contribution in [-0.4, -0.2) is 28.0 Å². The highest BCUT2D eigenvalue weighted by molar-refractivity contribution is 5.03. The van der Waals surface area contributed by atoms with Gasteiger partial charge in [-0.3, -0.25) is 4.68 Å². The summed E-state index contributed by atoms with van der Waals surface area (Å²) in [5.74, 6) is 0.634. The third-order valence-electron chi connectivity index (χ3n) is 3.27. The molecule has 0 saturated heterocycles. The van der Waals surface area contributed by atoms with E-state index in [-0.39, 0.29) is 6.61 Å². The molecule has 1 atom stereocenters. The van der Waals surface area contributed by atoms with E-state index in [2.05, 4.69) is 38.1 Å². The van der Waals surface area contributed by atoms with Crippen LogP contribution in [0.3, 0.4) is 0 Å². The van der Waals surface area contributed by atoms with Crippen molar-refractivity contribution in [2.75, 3.05) is 13.2 Å². The van der Waals surface area contributed by atoms with Gasteiger partial charge in [0.1, 0.15) is 0 Å². The van der Waals surface area contributed by atoms with Crippen molar-refractivity contribution in [1.82, 2.24) is 15.1 Å². The summed E-state index contributed by atoms with van der Waals surface area (Å²) in [6, 6.07) is 0. The normalized spacial score (nSPS) is 13.9. The summed E-state index contributed by atoms with van der Waals surface area (Å²) >= 11 is 0. The average molecular weight is 239 g/mol. The lowest BCUT2D eigenvalue weighted by Crippen LogP contribution is -2.29. The van der Waals surface area contributed by atoms with Gasteiger partial charge in [-0.05, 0) is 17.9 Å². The molecule has 1 unspecified atom stereocenters. The number of hydrogen-bond acceptors (Lipinski definition) is 3. The van der Waals surface area contributed by atoms with E-state index in [0.717, 1.165) is 13.1 Å². The number of aliphatic hydroxyl groups excluding tert-OH is 1. The van der Waals surface area contributed by atoms with Gasteiger partial charge >= 0.3 is 0 Å². The van der Waals surface area contributed by atoms with Crippen molar-refractivity contribution in [3.05, 3.63) is 18.0 Å². The second-order valence-electron chi connectivity index (χ2n) is 5.73. The molecule has 2 N–H and O–H groups in total. The summed E-state index contributed by atoms with van der Waals surface area (Å²) in [6.45, 7) is 11.6. The van der Waals surface area contributed by atoms with Gasteiger partial charge in [0.05, 0.1) is 19.3 Å². The first-order chi connectivity index (χ1) is 7.93. The Bertz CT molecular complexity index is 328. The molecule has 0 aliphatic heterocycles. The van der Waals surface area contributed by atoms with Crippen LogP contribution >= 0.6 is 0 Å². The van der Waals surface area contributed by atoms with Crippen LogP contribution in [0, 0.1) is 11.3 Å². The van der Waals surface area contributed by atoms with Crippen LogP contribution in [0.25, 0.3) is 0 Å². The Hall–Kier alpha value is -0.870. The van der Waals surface area contributed by atoms with Crippen molar-refractivity contribution in [3.8, 4) is 0 Å². The summed E-state index contributed by atoms with van der Waals surface area (Å²) in [5, 5.41) is 16.4. The molecule has 0 spiro atoms. The van der Waals surface area contributed by atoms with Crippen molar-refractivity contribution in [1.29, 1.82) is 0 Å².